The highest BCUT2D eigenvalue weighted by Crippen LogP contribution is 2.17. The number of rotatable bonds is 2. The Bertz CT molecular complexity index is 535. The fraction of sp³-hybridized carbons (Fsp3) is 0.111. The Kier molecular flexibility index (Phi) is 2.68. The van der Waals surface area contributed by atoms with Crippen LogP contribution in [0.5, 0.6) is 0 Å². The molecule has 0 aliphatic heterocycles. The van der Waals surface area contributed by atoms with Crippen molar-refractivity contribution in [3.05, 3.63) is 50.4 Å². The van der Waals surface area contributed by atoms with Crippen molar-refractivity contribution in [3.8, 4) is 0 Å². The summed E-state index contributed by atoms with van der Waals surface area (Å²) < 4.78 is 17.6. The van der Waals surface area contributed by atoms with Crippen LogP contribution in [-0.2, 0) is 6.42 Å². The maximum atomic E-state index is 12.9. The first-order chi connectivity index (χ1) is 7.15. The lowest BCUT2D eigenvalue weighted by Gasteiger charge is -1.99. The van der Waals surface area contributed by atoms with E-state index < -0.39 is 5.76 Å². The minimum atomic E-state index is -0.592. The molecule has 0 radical (unpaired) electrons. The van der Waals surface area contributed by atoms with E-state index in [1.54, 1.807) is 12.1 Å². The Balaban J connectivity index is 2.24. The molecule has 0 saturated heterocycles. The Morgan fingerprint density at radius 1 is 1.53 bits per heavy atom. The van der Waals surface area contributed by atoms with Gasteiger partial charge in [0.15, 0.2) is 5.82 Å². The van der Waals surface area contributed by atoms with E-state index in [1.165, 1.54) is 6.07 Å². The molecule has 1 aromatic carbocycles. The maximum Gasteiger partial charge on any atom is 0.438 e. The molecule has 2 rings (SSSR count). The summed E-state index contributed by atoms with van der Waals surface area (Å²) >= 11 is 3.07. The predicted octanol–water partition coefficient (Wildman–Crippen LogP) is 1.86. The zero-order valence-corrected chi connectivity index (χ0v) is 9.04. The van der Waals surface area contributed by atoms with Gasteiger partial charge in [-0.1, -0.05) is 11.2 Å². The lowest BCUT2D eigenvalue weighted by Crippen LogP contribution is -1.98. The third kappa shape index (κ3) is 2.33. The average molecular weight is 273 g/mol. The Morgan fingerprint density at radius 3 is 2.93 bits per heavy atom. The molecule has 0 aliphatic rings. The van der Waals surface area contributed by atoms with E-state index in [0.717, 1.165) is 5.56 Å². The van der Waals surface area contributed by atoms with Gasteiger partial charge in [-0.3, -0.25) is 9.51 Å². The summed E-state index contributed by atoms with van der Waals surface area (Å²) in [6.45, 7) is 0. The van der Waals surface area contributed by atoms with Gasteiger partial charge in [0.25, 0.3) is 0 Å². The van der Waals surface area contributed by atoms with Crippen molar-refractivity contribution in [2.75, 3.05) is 0 Å². The first-order valence-electron chi connectivity index (χ1n) is 4.14. The Morgan fingerprint density at radius 2 is 2.33 bits per heavy atom. The van der Waals surface area contributed by atoms with Crippen molar-refractivity contribution < 1.29 is 8.91 Å². The predicted molar refractivity (Wildman–Crippen MR) is 54.0 cm³/mol. The summed E-state index contributed by atoms with van der Waals surface area (Å²) in [4.78, 5) is 13.1. The molecule has 0 unspecified atom stereocenters. The monoisotopic (exact) mass is 272 g/mol. The minimum Gasteiger partial charge on any atom is -0.296 e. The number of aromatic nitrogens is 2. The molecule has 0 spiro atoms. The minimum absolute atomic E-state index is 0.326. The second kappa shape index (κ2) is 3.98. The van der Waals surface area contributed by atoms with Crippen molar-refractivity contribution in [3.63, 3.8) is 0 Å². The molecule has 0 atom stereocenters. The molecular formula is C9H6BrFN2O2. The first kappa shape index (κ1) is 10.1. The van der Waals surface area contributed by atoms with Gasteiger partial charge in [-0.25, -0.2) is 9.18 Å². The van der Waals surface area contributed by atoms with Crippen molar-refractivity contribution >= 4 is 15.9 Å². The normalized spacial score (nSPS) is 10.5. The van der Waals surface area contributed by atoms with E-state index >= 15 is 0 Å². The number of benzene rings is 1. The number of aromatic amines is 1. The Labute approximate surface area is 92.2 Å². The van der Waals surface area contributed by atoms with Crippen LogP contribution in [0.1, 0.15) is 11.4 Å². The smallest absolute Gasteiger partial charge is 0.296 e. The lowest BCUT2D eigenvalue weighted by molar-refractivity contribution is 0.382. The SMILES string of the molecule is O=c1[nH]c(Cc2ccc(F)c(Br)c2)no1. The number of halogens is 2. The fourth-order valence-corrected chi connectivity index (χ4v) is 1.61. The van der Waals surface area contributed by atoms with Gasteiger partial charge in [0.1, 0.15) is 5.82 Å². The summed E-state index contributed by atoms with van der Waals surface area (Å²) in [6.07, 6.45) is 0.393. The molecule has 4 nitrogen and oxygen atoms in total. The summed E-state index contributed by atoms with van der Waals surface area (Å²) in [6, 6.07) is 4.59. The van der Waals surface area contributed by atoms with Crippen LogP contribution in [0.2, 0.25) is 0 Å². The maximum absolute atomic E-state index is 12.9. The number of hydrogen-bond acceptors (Lipinski definition) is 3. The van der Waals surface area contributed by atoms with E-state index in [9.17, 15) is 9.18 Å². The van der Waals surface area contributed by atoms with Crippen LogP contribution in [0.4, 0.5) is 4.39 Å². The van der Waals surface area contributed by atoms with Crippen LogP contribution in [0.3, 0.4) is 0 Å². The molecule has 0 bridgehead atoms. The highest BCUT2D eigenvalue weighted by atomic mass is 79.9. The summed E-state index contributed by atoms with van der Waals surface area (Å²) in [5.41, 5.74) is 0.827. The molecule has 1 heterocycles. The molecular weight excluding hydrogens is 267 g/mol. The molecule has 15 heavy (non-hydrogen) atoms. The van der Waals surface area contributed by atoms with E-state index in [2.05, 4.69) is 30.6 Å². The van der Waals surface area contributed by atoms with Gasteiger partial charge in [0.05, 0.1) is 4.47 Å². The van der Waals surface area contributed by atoms with Crippen molar-refractivity contribution in [2.24, 2.45) is 0 Å². The highest BCUT2D eigenvalue weighted by Gasteiger charge is 2.04. The van der Waals surface area contributed by atoms with Crippen molar-refractivity contribution in [1.82, 2.24) is 10.1 Å². The number of nitrogens with zero attached hydrogens (tertiary/aromatic N) is 1. The molecule has 1 N–H and O–H groups in total. The highest BCUT2D eigenvalue weighted by molar-refractivity contribution is 9.10. The van der Waals surface area contributed by atoms with Crippen LogP contribution >= 0.6 is 15.9 Å². The van der Waals surface area contributed by atoms with E-state index in [0.29, 0.717) is 16.7 Å². The van der Waals surface area contributed by atoms with Crippen LogP contribution in [0.15, 0.2) is 32.0 Å². The number of H-pyrrole nitrogens is 1. The van der Waals surface area contributed by atoms with Crippen molar-refractivity contribution in [1.29, 1.82) is 0 Å². The fourth-order valence-electron chi connectivity index (χ4n) is 1.18. The third-order valence-electron chi connectivity index (χ3n) is 1.84. The molecule has 0 aliphatic carbocycles. The summed E-state index contributed by atoms with van der Waals surface area (Å²) in [7, 11) is 0. The average Bonchev–Trinajstić information content (AvgIpc) is 2.58. The van der Waals surface area contributed by atoms with Crippen LogP contribution in [0, 0.1) is 5.82 Å². The quantitative estimate of drug-likeness (QED) is 0.908. The van der Waals surface area contributed by atoms with Gasteiger partial charge in [-0.15, -0.1) is 0 Å². The van der Waals surface area contributed by atoms with Crippen molar-refractivity contribution in [2.45, 2.75) is 6.42 Å². The molecule has 0 amide bonds. The number of hydrogen-bond donors (Lipinski definition) is 1. The van der Waals surface area contributed by atoms with Gasteiger partial charge in [0.2, 0.25) is 0 Å². The second-order valence-corrected chi connectivity index (χ2v) is 3.82. The summed E-state index contributed by atoms with van der Waals surface area (Å²) in [5, 5.41) is 3.51. The molecule has 1 aromatic heterocycles. The van der Waals surface area contributed by atoms with E-state index in [1.807, 2.05) is 0 Å². The molecule has 2 aromatic rings. The largest absolute Gasteiger partial charge is 0.438 e. The zero-order valence-electron chi connectivity index (χ0n) is 7.46. The first-order valence-corrected chi connectivity index (χ1v) is 4.93. The van der Waals surface area contributed by atoms with E-state index in [4.69, 9.17) is 0 Å². The van der Waals surface area contributed by atoms with E-state index in [-0.39, 0.29) is 5.82 Å². The van der Waals surface area contributed by atoms with Gasteiger partial charge >= 0.3 is 5.76 Å². The van der Waals surface area contributed by atoms with Crippen LogP contribution in [0.25, 0.3) is 0 Å². The van der Waals surface area contributed by atoms with Crippen LogP contribution in [-0.4, -0.2) is 10.1 Å². The lowest BCUT2D eigenvalue weighted by atomic mass is 10.1. The van der Waals surface area contributed by atoms with Gasteiger partial charge in [0, 0.05) is 6.42 Å². The molecule has 0 fully saturated rings. The van der Waals surface area contributed by atoms with Gasteiger partial charge in [-0.05, 0) is 33.6 Å². The van der Waals surface area contributed by atoms with Crippen LogP contribution < -0.4 is 5.76 Å². The Hall–Kier alpha value is -1.43. The number of nitrogens with one attached hydrogen (secondary N) is 1. The molecule has 78 valence electrons. The second-order valence-electron chi connectivity index (χ2n) is 2.97. The van der Waals surface area contributed by atoms with Gasteiger partial charge in [-0.2, -0.15) is 0 Å². The molecule has 6 heteroatoms. The summed E-state index contributed by atoms with van der Waals surface area (Å²) in [5.74, 6) is -0.503. The zero-order chi connectivity index (χ0) is 10.8. The molecule has 0 saturated carbocycles. The standard InChI is InChI=1S/C9H6BrFN2O2/c10-6-3-5(1-2-7(6)11)4-8-12-9(14)15-13-8/h1-3H,4H2,(H,12,13,14). The topological polar surface area (TPSA) is 58.9 Å². The third-order valence-corrected chi connectivity index (χ3v) is 2.45. The van der Waals surface area contributed by atoms with Gasteiger partial charge < -0.3 is 0 Å².